The molecule has 63 heavy (non-hydrogen) atoms. The standard InChI is InChI=1S/C57H111NO5/c1-4-7-10-13-16-19-22-24-26-28-30-32-35-38-41-44-47-50-57(62)63-53(48-45-42-39-36-33-21-18-15-12-9-6-3)51-56(61)58-54(52-59)55(60)49-46-43-40-37-34-31-29-27-25-23-20-17-14-11-8-5-2/h24,26,53-55,59-60H,4-23,25,27-52H2,1-3H3,(H,58,61)/b26-24+. The van der Waals surface area contributed by atoms with Crippen LogP contribution in [0, 0.1) is 0 Å². The Morgan fingerprint density at radius 2 is 0.762 bits per heavy atom. The molecule has 0 aromatic heterocycles. The van der Waals surface area contributed by atoms with Gasteiger partial charge in [0, 0.05) is 6.42 Å². The third-order valence-corrected chi connectivity index (χ3v) is 13.3. The third-order valence-electron chi connectivity index (χ3n) is 13.3. The summed E-state index contributed by atoms with van der Waals surface area (Å²) in [7, 11) is 0. The van der Waals surface area contributed by atoms with E-state index in [2.05, 4.69) is 38.2 Å². The van der Waals surface area contributed by atoms with Gasteiger partial charge < -0.3 is 20.3 Å². The number of unbranched alkanes of at least 4 members (excludes halogenated alkanes) is 38. The highest BCUT2D eigenvalue weighted by Gasteiger charge is 2.24. The van der Waals surface area contributed by atoms with Crippen LogP contribution < -0.4 is 5.32 Å². The molecule has 0 bridgehead atoms. The number of carbonyl (C=O) groups excluding carboxylic acids is 2. The molecule has 0 heterocycles. The Morgan fingerprint density at radius 1 is 0.444 bits per heavy atom. The lowest BCUT2D eigenvalue weighted by molar-refractivity contribution is -0.151. The van der Waals surface area contributed by atoms with Crippen molar-refractivity contribution in [2.75, 3.05) is 6.61 Å². The number of aliphatic hydroxyl groups is 2. The molecule has 0 aliphatic carbocycles. The van der Waals surface area contributed by atoms with Gasteiger partial charge in [-0.1, -0.05) is 264 Å². The van der Waals surface area contributed by atoms with Crippen LogP contribution >= 0.6 is 0 Å². The van der Waals surface area contributed by atoms with Gasteiger partial charge in [0.15, 0.2) is 0 Å². The highest BCUT2D eigenvalue weighted by molar-refractivity contribution is 5.77. The number of rotatable bonds is 52. The maximum Gasteiger partial charge on any atom is 0.306 e. The SMILES string of the molecule is CCCCCCCC/C=C/CCCCCCCCCC(=O)OC(CCCCCCCCCCCCC)CC(=O)NC(CO)C(O)CCCCCCCCCCCCCCCCCC. The van der Waals surface area contributed by atoms with Crippen LogP contribution in [0.3, 0.4) is 0 Å². The lowest BCUT2D eigenvalue weighted by Crippen LogP contribution is -2.46. The van der Waals surface area contributed by atoms with Crippen LogP contribution in [-0.2, 0) is 14.3 Å². The van der Waals surface area contributed by atoms with Gasteiger partial charge in [-0.3, -0.25) is 9.59 Å². The Balaban J connectivity index is 4.43. The molecule has 0 saturated carbocycles. The lowest BCUT2D eigenvalue weighted by Gasteiger charge is -2.24. The van der Waals surface area contributed by atoms with E-state index in [1.54, 1.807) is 0 Å². The second kappa shape index (κ2) is 51.6. The molecule has 0 aliphatic rings. The van der Waals surface area contributed by atoms with Crippen LogP contribution in [-0.4, -0.2) is 46.9 Å². The Morgan fingerprint density at radius 3 is 1.13 bits per heavy atom. The smallest absolute Gasteiger partial charge is 0.306 e. The molecule has 0 spiro atoms. The van der Waals surface area contributed by atoms with E-state index in [0.29, 0.717) is 19.3 Å². The summed E-state index contributed by atoms with van der Waals surface area (Å²) in [5.41, 5.74) is 0. The summed E-state index contributed by atoms with van der Waals surface area (Å²) in [6.45, 7) is 6.51. The summed E-state index contributed by atoms with van der Waals surface area (Å²) < 4.78 is 5.95. The van der Waals surface area contributed by atoms with Gasteiger partial charge in [-0.25, -0.2) is 0 Å². The topological polar surface area (TPSA) is 95.9 Å². The first-order valence-corrected chi connectivity index (χ1v) is 28.4. The van der Waals surface area contributed by atoms with Gasteiger partial charge in [-0.15, -0.1) is 0 Å². The van der Waals surface area contributed by atoms with Gasteiger partial charge in [0.2, 0.25) is 5.91 Å². The van der Waals surface area contributed by atoms with Crippen LogP contribution in [0.5, 0.6) is 0 Å². The molecule has 6 nitrogen and oxygen atoms in total. The molecule has 3 atom stereocenters. The van der Waals surface area contributed by atoms with Crippen LogP contribution in [0.2, 0.25) is 0 Å². The number of hydrogen-bond acceptors (Lipinski definition) is 5. The van der Waals surface area contributed by atoms with Crippen molar-refractivity contribution in [1.82, 2.24) is 5.32 Å². The van der Waals surface area contributed by atoms with E-state index in [9.17, 15) is 19.8 Å². The largest absolute Gasteiger partial charge is 0.462 e. The number of hydrogen-bond donors (Lipinski definition) is 3. The highest BCUT2D eigenvalue weighted by atomic mass is 16.5. The molecule has 6 heteroatoms. The Labute approximate surface area is 393 Å². The molecule has 3 unspecified atom stereocenters. The van der Waals surface area contributed by atoms with Gasteiger partial charge in [0.25, 0.3) is 0 Å². The van der Waals surface area contributed by atoms with Gasteiger partial charge in [0.05, 0.1) is 25.2 Å². The maximum absolute atomic E-state index is 13.2. The van der Waals surface area contributed by atoms with Crippen molar-refractivity contribution in [3.05, 3.63) is 12.2 Å². The second-order valence-corrected chi connectivity index (χ2v) is 19.7. The molecule has 0 fully saturated rings. The lowest BCUT2D eigenvalue weighted by atomic mass is 10.0. The molecular weight excluding hydrogens is 779 g/mol. The normalized spacial score (nSPS) is 13.2. The van der Waals surface area contributed by atoms with Gasteiger partial charge in [-0.05, 0) is 51.4 Å². The van der Waals surface area contributed by atoms with Crippen molar-refractivity contribution in [3.8, 4) is 0 Å². The molecule has 0 rings (SSSR count). The summed E-state index contributed by atoms with van der Waals surface area (Å²) >= 11 is 0. The number of esters is 1. The number of nitrogens with one attached hydrogen (secondary N) is 1. The fourth-order valence-electron chi connectivity index (χ4n) is 9.02. The summed E-state index contributed by atoms with van der Waals surface area (Å²) in [5, 5.41) is 23.9. The van der Waals surface area contributed by atoms with Crippen molar-refractivity contribution in [2.45, 2.75) is 334 Å². The van der Waals surface area contributed by atoms with Crippen molar-refractivity contribution >= 4 is 11.9 Å². The zero-order valence-corrected chi connectivity index (χ0v) is 42.7. The average molecular weight is 891 g/mol. The monoisotopic (exact) mass is 890 g/mol. The quantitative estimate of drug-likeness (QED) is 0.0321. The van der Waals surface area contributed by atoms with E-state index in [1.165, 1.54) is 225 Å². The number of ether oxygens (including phenoxy) is 1. The first-order valence-electron chi connectivity index (χ1n) is 28.4. The van der Waals surface area contributed by atoms with Crippen LogP contribution in [0.4, 0.5) is 0 Å². The van der Waals surface area contributed by atoms with Crippen molar-refractivity contribution in [3.63, 3.8) is 0 Å². The third kappa shape index (κ3) is 46.9. The molecule has 0 saturated heterocycles. The van der Waals surface area contributed by atoms with Gasteiger partial charge in [-0.2, -0.15) is 0 Å². The van der Waals surface area contributed by atoms with E-state index in [-0.39, 0.29) is 24.9 Å². The van der Waals surface area contributed by atoms with Crippen LogP contribution in [0.15, 0.2) is 12.2 Å². The fraction of sp³-hybridized carbons (Fsp3) is 0.930. The highest BCUT2D eigenvalue weighted by Crippen LogP contribution is 2.19. The van der Waals surface area contributed by atoms with E-state index in [4.69, 9.17) is 4.74 Å². The van der Waals surface area contributed by atoms with Crippen molar-refractivity contribution in [2.24, 2.45) is 0 Å². The van der Waals surface area contributed by atoms with E-state index >= 15 is 0 Å². The fourth-order valence-corrected chi connectivity index (χ4v) is 9.02. The molecule has 0 aromatic rings. The Bertz CT molecular complexity index is 955. The minimum absolute atomic E-state index is 0.0833. The molecular formula is C57H111NO5. The molecule has 3 N–H and O–H groups in total. The zero-order chi connectivity index (χ0) is 45.9. The first-order chi connectivity index (χ1) is 31.0. The maximum atomic E-state index is 13.2. The molecule has 0 radical (unpaired) electrons. The summed E-state index contributed by atoms with van der Waals surface area (Å²) in [6.07, 6.45) is 58.5. The second-order valence-electron chi connectivity index (χ2n) is 19.7. The van der Waals surface area contributed by atoms with E-state index in [1.807, 2.05) is 0 Å². The zero-order valence-electron chi connectivity index (χ0n) is 42.7. The first kappa shape index (κ1) is 61.6. The van der Waals surface area contributed by atoms with Crippen molar-refractivity contribution < 1.29 is 24.5 Å². The van der Waals surface area contributed by atoms with E-state index in [0.717, 1.165) is 44.9 Å². The number of carbonyl (C=O) groups is 2. The number of allylic oxidation sites excluding steroid dienone is 2. The van der Waals surface area contributed by atoms with Crippen LogP contribution in [0.25, 0.3) is 0 Å². The van der Waals surface area contributed by atoms with Crippen LogP contribution in [0.1, 0.15) is 316 Å². The minimum atomic E-state index is -0.783. The summed E-state index contributed by atoms with van der Waals surface area (Å²) in [5.74, 6) is -0.458. The molecule has 1 amide bonds. The van der Waals surface area contributed by atoms with E-state index < -0.39 is 18.2 Å². The minimum Gasteiger partial charge on any atom is -0.462 e. The predicted octanol–water partition coefficient (Wildman–Crippen LogP) is 17.3. The molecule has 374 valence electrons. The number of aliphatic hydroxyl groups excluding tert-OH is 2. The summed E-state index contributed by atoms with van der Waals surface area (Å²) in [6, 6.07) is -0.696. The average Bonchev–Trinajstić information content (AvgIpc) is 3.28. The molecule has 0 aromatic carbocycles. The van der Waals surface area contributed by atoms with Crippen molar-refractivity contribution in [1.29, 1.82) is 0 Å². The Hall–Kier alpha value is -1.40. The van der Waals surface area contributed by atoms with Gasteiger partial charge in [0.1, 0.15) is 6.10 Å². The Kier molecular flexibility index (Phi) is 50.4. The van der Waals surface area contributed by atoms with Gasteiger partial charge >= 0.3 is 5.97 Å². The molecule has 0 aliphatic heterocycles. The predicted molar refractivity (Wildman–Crippen MR) is 273 cm³/mol. The summed E-state index contributed by atoms with van der Waals surface area (Å²) in [4.78, 5) is 26.2. The number of amides is 1.